The highest BCUT2D eigenvalue weighted by Crippen LogP contribution is 2.50. The first-order chi connectivity index (χ1) is 15.9. The number of ether oxygens (including phenoxy) is 4. The first-order valence-corrected chi connectivity index (χ1v) is 12.3. The summed E-state index contributed by atoms with van der Waals surface area (Å²) in [6.07, 6.45) is -1.35. The largest absolute Gasteiger partial charge is 0.508 e. The lowest BCUT2D eigenvalue weighted by Crippen LogP contribution is -2.58. The maximum Gasteiger partial charge on any atom is 0.508 e. The molecule has 0 aromatic rings. The Hall–Kier alpha value is -2.41. The van der Waals surface area contributed by atoms with E-state index in [9.17, 15) is 18.9 Å². The SMILES string of the molecule is CCOC(=O)OCCCOP(=O)(N=C(N)[N+](C)(OC(C)=O)C(C)C)OCCCOC(=O)OCC. The van der Waals surface area contributed by atoms with Crippen molar-refractivity contribution in [1.82, 2.24) is 0 Å². The van der Waals surface area contributed by atoms with Crippen molar-refractivity contribution in [3.63, 3.8) is 0 Å². The van der Waals surface area contributed by atoms with E-state index in [-0.39, 0.29) is 64.5 Å². The number of guanidine groups is 1. The summed E-state index contributed by atoms with van der Waals surface area (Å²) >= 11 is 0. The molecule has 0 aliphatic carbocycles. The zero-order valence-electron chi connectivity index (χ0n) is 20.6. The van der Waals surface area contributed by atoms with Crippen molar-refractivity contribution in [1.29, 1.82) is 0 Å². The first-order valence-electron chi connectivity index (χ1n) is 10.8. The number of nitrogens with zero attached hydrogens (tertiary/aromatic N) is 2. The lowest BCUT2D eigenvalue weighted by Gasteiger charge is -2.32. The van der Waals surface area contributed by atoms with E-state index in [0.717, 1.165) is 0 Å². The molecular formula is C19H37N3O11P+. The van der Waals surface area contributed by atoms with Gasteiger partial charge in [-0.05, 0) is 27.7 Å². The Bertz CT molecular complexity index is 700. The highest BCUT2D eigenvalue weighted by atomic mass is 31.2. The molecule has 14 nitrogen and oxygen atoms in total. The highest BCUT2D eigenvalue weighted by Gasteiger charge is 2.40. The van der Waals surface area contributed by atoms with E-state index >= 15 is 0 Å². The molecule has 0 aliphatic rings. The van der Waals surface area contributed by atoms with Gasteiger partial charge in [-0.2, -0.15) is 0 Å². The number of carbonyl (C=O) groups excluding carboxylic acids is 3. The normalized spacial score (nSPS) is 13.7. The molecule has 0 bridgehead atoms. The second kappa shape index (κ2) is 16.3. The van der Waals surface area contributed by atoms with E-state index in [1.807, 2.05) is 0 Å². The molecule has 2 N–H and O–H groups in total. The van der Waals surface area contributed by atoms with Gasteiger partial charge in [0.2, 0.25) is 0 Å². The maximum absolute atomic E-state index is 13.3. The Morgan fingerprint density at radius 2 is 1.32 bits per heavy atom. The summed E-state index contributed by atoms with van der Waals surface area (Å²) in [5, 5.41) is 0. The minimum atomic E-state index is -4.20. The molecule has 34 heavy (non-hydrogen) atoms. The summed E-state index contributed by atoms with van der Waals surface area (Å²) in [5.41, 5.74) is 6.04. The maximum atomic E-state index is 13.3. The molecule has 0 aromatic carbocycles. The van der Waals surface area contributed by atoms with Crippen LogP contribution >= 0.6 is 7.75 Å². The Morgan fingerprint density at radius 1 is 0.882 bits per heavy atom. The number of carbonyl (C=O) groups is 3. The fourth-order valence-electron chi connectivity index (χ4n) is 2.10. The molecule has 0 fully saturated rings. The van der Waals surface area contributed by atoms with Crippen LogP contribution in [0.1, 0.15) is 47.5 Å². The molecule has 0 saturated carbocycles. The van der Waals surface area contributed by atoms with E-state index < -0.39 is 30.7 Å². The van der Waals surface area contributed by atoms with E-state index in [1.54, 1.807) is 27.7 Å². The molecule has 0 aliphatic heterocycles. The van der Waals surface area contributed by atoms with Gasteiger partial charge in [0.05, 0.1) is 39.6 Å². The predicted octanol–water partition coefficient (Wildman–Crippen LogP) is 2.90. The molecule has 198 valence electrons. The number of quaternary nitrogens is 1. The van der Waals surface area contributed by atoms with Crippen molar-refractivity contribution in [3.05, 3.63) is 0 Å². The van der Waals surface area contributed by atoms with Crippen LogP contribution in [0.4, 0.5) is 9.59 Å². The van der Waals surface area contributed by atoms with Crippen molar-refractivity contribution >= 4 is 32.0 Å². The van der Waals surface area contributed by atoms with Crippen LogP contribution < -0.4 is 5.73 Å². The van der Waals surface area contributed by atoms with Gasteiger partial charge in [0.1, 0.15) is 13.1 Å². The topological polar surface area (TPSA) is 171 Å². The summed E-state index contributed by atoms with van der Waals surface area (Å²) in [7, 11) is -2.73. The number of hydrogen-bond acceptors (Lipinski definition) is 11. The van der Waals surface area contributed by atoms with Gasteiger partial charge < -0.3 is 24.7 Å². The number of hydrogen-bond donors (Lipinski definition) is 1. The van der Waals surface area contributed by atoms with Gasteiger partial charge in [-0.25, -0.2) is 18.9 Å². The molecule has 1 atom stereocenters. The molecule has 0 amide bonds. The van der Waals surface area contributed by atoms with Crippen LogP contribution in [0.15, 0.2) is 4.76 Å². The van der Waals surface area contributed by atoms with Gasteiger partial charge >= 0.3 is 32.0 Å². The quantitative estimate of drug-likeness (QED) is 0.0684. The summed E-state index contributed by atoms with van der Waals surface area (Å²) in [6.45, 7) is 7.81. The minimum Gasteiger partial charge on any atom is -0.435 e. The van der Waals surface area contributed by atoms with Crippen LogP contribution in [0, 0.1) is 0 Å². The molecule has 15 heteroatoms. The van der Waals surface area contributed by atoms with Crippen LogP contribution in [0.5, 0.6) is 0 Å². The standard InChI is InChI=1S/C19H37N3O11P/c1-7-27-18(24)29-11-9-13-31-34(26,32-14-10-12-30-19(25)28-8-2)21-17(20)22(6,15(3)4)33-16(5)23/h15H,7-14H2,1-6H3,(H2,20,21,26)/q+1. The molecule has 1 unspecified atom stereocenters. The Balaban J connectivity index is 5.24. The van der Waals surface area contributed by atoms with Gasteiger partial charge in [-0.3, -0.25) is 13.9 Å². The zero-order chi connectivity index (χ0) is 26.2. The second-order valence-corrected chi connectivity index (χ2v) is 8.68. The van der Waals surface area contributed by atoms with Crippen molar-refractivity contribution in [2.24, 2.45) is 10.5 Å². The van der Waals surface area contributed by atoms with Crippen molar-refractivity contribution < 1.29 is 56.4 Å². The van der Waals surface area contributed by atoms with Crippen LogP contribution in [-0.4, -0.2) is 81.6 Å². The van der Waals surface area contributed by atoms with Crippen LogP contribution in [0.2, 0.25) is 0 Å². The fraction of sp³-hybridized carbons (Fsp3) is 0.789. The fourth-order valence-corrected chi connectivity index (χ4v) is 3.44. The van der Waals surface area contributed by atoms with Gasteiger partial charge in [0.15, 0.2) is 0 Å². The van der Waals surface area contributed by atoms with Gasteiger partial charge in [-0.1, -0.05) is 4.65 Å². The molecule has 0 radical (unpaired) electrons. The predicted molar refractivity (Wildman–Crippen MR) is 119 cm³/mol. The smallest absolute Gasteiger partial charge is 0.435 e. The average molecular weight is 514 g/mol. The monoisotopic (exact) mass is 514 g/mol. The van der Waals surface area contributed by atoms with E-state index in [0.29, 0.717) is 0 Å². The minimum absolute atomic E-state index is 0.0569. The lowest BCUT2D eigenvalue weighted by atomic mass is 10.3. The first kappa shape index (κ1) is 31.6. The van der Waals surface area contributed by atoms with Crippen molar-refractivity contribution in [2.45, 2.75) is 53.5 Å². The Kier molecular flexibility index (Phi) is 15.1. The van der Waals surface area contributed by atoms with E-state index in [1.165, 1.54) is 14.0 Å². The Labute approximate surface area is 199 Å². The third-order valence-electron chi connectivity index (χ3n) is 4.03. The van der Waals surface area contributed by atoms with Gasteiger partial charge in [0, 0.05) is 19.8 Å². The van der Waals surface area contributed by atoms with Crippen LogP contribution in [-0.2, 0) is 42.2 Å². The third kappa shape index (κ3) is 12.7. The molecule has 0 heterocycles. The van der Waals surface area contributed by atoms with E-state index in [4.69, 9.17) is 29.1 Å². The van der Waals surface area contributed by atoms with Gasteiger partial charge in [0.25, 0.3) is 0 Å². The number of nitrogens with two attached hydrogens (primary N) is 1. The summed E-state index contributed by atoms with van der Waals surface area (Å²) in [6, 6.07) is -0.378. The second-order valence-electron chi connectivity index (χ2n) is 7.03. The van der Waals surface area contributed by atoms with Crippen LogP contribution in [0.25, 0.3) is 0 Å². The van der Waals surface area contributed by atoms with Gasteiger partial charge in [-0.15, -0.1) is 4.76 Å². The molecule has 0 saturated heterocycles. The Morgan fingerprint density at radius 3 is 1.68 bits per heavy atom. The molecule has 0 aromatic heterocycles. The van der Waals surface area contributed by atoms with Crippen LogP contribution in [0.3, 0.4) is 0 Å². The number of hydroxylamine groups is 3. The molecule has 0 spiro atoms. The average Bonchev–Trinajstić information content (AvgIpc) is 2.73. The zero-order valence-corrected chi connectivity index (χ0v) is 21.5. The summed E-state index contributed by atoms with van der Waals surface area (Å²) < 4.78 is 46.1. The van der Waals surface area contributed by atoms with Crippen molar-refractivity contribution in [2.75, 3.05) is 46.7 Å². The lowest BCUT2D eigenvalue weighted by molar-refractivity contribution is -1.02. The number of rotatable bonds is 14. The molecule has 0 rings (SSSR count). The third-order valence-corrected chi connectivity index (χ3v) is 5.50. The van der Waals surface area contributed by atoms with E-state index in [2.05, 4.69) is 14.2 Å². The van der Waals surface area contributed by atoms with Crippen molar-refractivity contribution in [3.8, 4) is 0 Å². The highest BCUT2D eigenvalue weighted by molar-refractivity contribution is 7.52. The summed E-state index contributed by atoms with van der Waals surface area (Å²) in [5.74, 6) is -0.947. The summed E-state index contributed by atoms with van der Waals surface area (Å²) in [4.78, 5) is 39.2. The molecular weight excluding hydrogens is 477 g/mol.